The first-order valence-corrected chi connectivity index (χ1v) is 5.30. The SMILES string of the molecule is Fc1cc(Br)cnc1N1CC(C(F)(F)F)C1. The van der Waals surface area contributed by atoms with E-state index in [0.29, 0.717) is 4.47 Å². The van der Waals surface area contributed by atoms with E-state index in [1.54, 1.807) is 0 Å². The molecule has 1 fully saturated rings. The molecular weight excluding hydrogens is 292 g/mol. The third-order valence-electron chi connectivity index (χ3n) is 2.43. The van der Waals surface area contributed by atoms with Crippen molar-refractivity contribution < 1.29 is 17.6 Å². The minimum absolute atomic E-state index is 0.0244. The van der Waals surface area contributed by atoms with Gasteiger partial charge in [0.25, 0.3) is 0 Å². The molecule has 2 nitrogen and oxygen atoms in total. The van der Waals surface area contributed by atoms with Crippen LogP contribution in [0.4, 0.5) is 23.4 Å². The molecule has 0 aliphatic carbocycles. The van der Waals surface area contributed by atoms with Crippen molar-refractivity contribution in [3.05, 3.63) is 22.6 Å². The van der Waals surface area contributed by atoms with Crippen molar-refractivity contribution in [1.82, 2.24) is 4.98 Å². The average molecular weight is 299 g/mol. The van der Waals surface area contributed by atoms with Crippen molar-refractivity contribution in [3.8, 4) is 0 Å². The van der Waals surface area contributed by atoms with Gasteiger partial charge < -0.3 is 4.90 Å². The molecule has 0 aromatic carbocycles. The monoisotopic (exact) mass is 298 g/mol. The lowest BCUT2D eigenvalue weighted by Gasteiger charge is -2.40. The molecule has 1 aliphatic rings. The number of halogens is 5. The lowest BCUT2D eigenvalue weighted by atomic mass is 10.00. The van der Waals surface area contributed by atoms with Crippen molar-refractivity contribution in [1.29, 1.82) is 0 Å². The van der Waals surface area contributed by atoms with Gasteiger partial charge in [0.1, 0.15) is 0 Å². The lowest BCUT2D eigenvalue weighted by Crippen LogP contribution is -2.54. The van der Waals surface area contributed by atoms with Crippen LogP contribution in [0.5, 0.6) is 0 Å². The molecule has 0 saturated carbocycles. The molecule has 16 heavy (non-hydrogen) atoms. The molecule has 0 amide bonds. The lowest BCUT2D eigenvalue weighted by molar-refractivity contribution is -0.180. The fourth-order valence-corrected chi connectivity index (χ4v) is 1.80. The highest BCUT2D eigenvalue weighted by Crippen LogP contribution is 2.36. The van der Waals surface area contributed by atoms with Crippen LogP contribution in [0, 0.1) is 11.7 Å². The first-order valence-electron chi connectivity index (χ1n) is 4.50. The van der Waals surface area contributed by atoms with E-state index in [2.05, 4.69) is 20.9 Å². The fraction of sp³-hybridized carbons (Fsp3) is 0.444. The van der Waals surface area contributed by atoms with Gasteiger partial charge in [-0.3, -0.25) is 0 Å². The Morgan fingerprint density at radius 3 is 2.50 bits per heavy atom. The maximum atomic E-state index is 13.3. The van der Waals surface area contributed by atoms with Gasteiger partial charge in [-0.05, 0) is 22.0 Å². The van der Waals surface area contributed by atoms with Gasteiger partial charge in [0.05, 0.1) is 5.92 Å². The van der Waals surface area contributed by atoms with E-state index in [9.17, 15) is 17.6 Å². The molecule has 0 N–H and O–H groups in total. The molecule has 0 atom stereocenters. The summed E-state index contributed by atoms with van der Waals surface area (Å²) >= 11 is 3.03. The maximum Gasteiger partial charge on any atom is 0.395 e. The molecule has 2 heterocycles. The molecule has 1 saturated heterocycles. The molecule has 0 spiro atoms. The van der Waals surface area contributed by atoms with E-state index in [1.165, 1.54) is 17.2 Å². The third-order valence-corrected chi connectivity index (χ3v) is 2.87. The summed E-state index contributed by atoms with van der Waals surface area (Å²) in [6.45, 7) is -0.454. The Balaban J connectivity index is 2.07. The highest BCUT2D eigenvalue weighted by Gasteiger charge is 2.47. The molecule has 0 bridgehead atoms. The normalized spacial score (nSPS) is 17.4. The quantitative estimate of drug-likeness (QED) is 0.741. The Kier molecular flexibility index (Phi) is 2.81. The zero-order chi connectivity index (χ0) is 11.9. The Labute approximate surface area is 97.4 Å². The summed E-state index contributed by atoms with van der Waals surface area (Å²) in [5.41, 5.74) is 0. The highest BCUT2D eigenvalue weighted by atomic mass is 79.9. The second-order valence-corrected chi connectivity index (χ2v) is 4.52. The molecule has 1 aromatic heterocycles. The number of hydrogen-bond donors (Lipinski definition) is 0. The standard InChI is InChI=1S/C9H7BrF4N2/c10-6-1-7(11)8(15-2-6)16-3-5(4-16)9(12,13)14/h1-2,5H,3-4H2. The number of anilines is 1. The number of aromatic nitrogens is 1. The van der Waals surface area contributed by atoms with Crippen LogP contribution in [-0.2, 0) is 0 Å². The van der Waals surface area contributed by atoms with Gasteiger partial charge in [0.2, 0.25) is 0 Å². The fourth-order valence-electron chi connectivity index (χ4n) is 1.50. The van der Waals surface area contributed by atoms with Crippen LogP contribution in [0.3, 0.4) is 0 Å². The van der Waals surface area contributed by atoms with Crippen molar-refractivity contribution in [2.45, 2.75) is 6.18 Å². The zero-order valence-electron chi connectivity index (χ0n) is 7.93. The van der Waals surface area contributed by atoms with Crippen LogP contribution in [0.25, 0.3) is 0 Å². The average Bonchev–Trinajstić information content (AvgIpc) is 2.03. The van der Waals surface area contributed by atoms with Gasteiger partial charge in [0.15, 0.2) is 11.6 Å². The van der Waals surface area contributed by atoms with E-state index < -0.39 is 17.9 Å². The van der Waals surface area contributed by atoms with Crippen LogP contribution in [0.2, 0.25) is 0 Å². The van der Waals surface area contributed by atoms with Gasteiger partial charge in [0, 0.05) is 23.8 Å². The minimum Gasteiger partial charge on any atom is -0.353 e. The van der Waals surface area contributed by atoms with E-state index >= 15 is 0 Å². The van der Waals surface area contributed by atoms with Crippen LogP contribution in [-0.4, -0.2) is 24.2 Å². The summed E-state index contributed by atoms with van der Waals surface area (Å²) in [4.78, 5) is 5.03. The van der Waals surface area contributed by atoms with E-state index in [4.69, 9.17) is 0 Å². The first kappa shape index (κ1) is 11.6. The van der Waals surface area contributed by atoms with Gasteiger partial charge >= 0.3 is 6.18 Å². The number of alkyl halides is 3. The molecule has 88 valence electrons. The summed E-state index contributed by atoms with van der Waals surface area (Å²) in [6, 6.07) is 1.18. The van der Waals surface area contributed by atoms with Crippen molar-refractivity contribution >= 4 is 21.7 Å². The van der Waals surface area contributed by atoms with E-state index in [0.717, 1.165) is 0 Å². The second kappa shape index (κ2) is 3.87. The Morgan fingerprint density at radius 1 is 1.38 bits per heavy atom. The number of nitrogens with zero attached hydrogens (tertiary/aromatic N) is 2. The Morgan fingerprint density at radius 2 is 2.00 bits per heavy atom. The van der Waals surface area contributed by atoms with Crippen LogP contribution in [0.1, 0.15) is 0 Å². The van der Waals surface area contributed by atoms with Gasteiger partial charge in [-0.25, -0.2) is 9.37 Å². The first-order chi connectivity index (χ1) is 7.38. The smallest absolute Gasteiger partial charge is 0.353 e. The molecule has 0 unspecified atom stereocenters. The third kappa shape index (κ3) is 2.14. The summed E-state index contributed by atoms with van der Waals surface area (Å²) in [7, 11) is 0. The molecular formula is C9H7BrF4N2. The number of rotatable bonds is 1. The Hall–Kier alpha value is -0.850. The second-order valence-electron chi connectivity index (χ2n) is 3.60. The summed E-state index contributed by atoms with van der Waals surface area (Å²) in [6.07, 6.45) is -2.85. The van der Waals surface area contributed by atoms with Crippen LogP contribution < -0.4 is 4.90 Å². The van der Waals surface area contributed by atoms with Gasteiger partial charge in [-0.1, -0.05) is 0 Å². The summed E-state index contributed by atoms with van der Waals surface area (Å²) in [5.74, 6) is -2.02. The predicted octanol–water partition coefficient (Wildman–Crippen LogP) is 2.98. The van der Waals surface area contributed by atoms with E-state index in [1.807, 2.05) is 0 Å². The topological polar surface area (TPSA) is 16.1 Å². The molecule has 1 aromatic rings. The molecule has 0 radical (unpaired) electrons. The largest absolute Gasteiger partial charge is 0.395 e. The molecule has 1 aliphatic heterocycles. The number of hydrogen-bond acceptors (Lipinski definition) is 2. The van der Waals surface area contributed by atoms with Gasteiger partial charge in [-0.15, -0.1) is 0 Å². The van der Waals surface area contributed by atoms with Crippen molar-refractivity contribution in [2.24, 2.45) is 5.92 Å². The minimum atomic E-state index is -4.21. The Bertz CT molecular complexity index is 401. The summed E-state index contributed by atoms with van der Waals surface area (Å²) in [5, 5.41) is 0. The van der Waals surface area contributed by atoms with E-state index in [-0.39, 0.29) is 18.9 Å². The highest BCUT2D eigenvalue weighted by molar-refractivity contribution is 9.10. The predicted molar refractivity (Wildman–Crippen MR) is 53.7 cm³/mol. The molecule has 2 rings (SSSR count). The number of pyridine rings is 1. The summed E-state index contributed by atoms with van der Waals surface area (Å²) < 4.78 is 50.4. The van der Waals surface area contributed by atoms with Crippen molar-refractivity contribution in [2.75, 3.05) is 18.0 Å². The zero-order valence-corrected chi connectivity index (χ0v) is 9.52. The maximum absolute atomic E-state index is 13.3. The van der Waals surface area contributed by atoms with Crippen LogP contribution >= 0.6 is 15.9 Å². The van der Waals surface area contributed by atoms with Crippen molar-refractivity contribution in [3.63, 3.8) is 0 Å². The molecule has 7 heteroatoms. The van der Waals surface area contributed by atoms with Gasteiger partial charge in [-0.2, -0.15) is 13.2 Å². The van der Waals surface area contributed by atoms with Crippen LogP contribution in [0.15, 0.2) is 16.7 Å².